The molecule has 0 N–H and O–H groups in total. The van der Waals surface area contributed by atoms with Gasteiger partial charge in [-0.1, -0.05) is 12.1 Å². The highest BCUT2D eigenvalue weighted by Gasteiger charge is 2.29. The van der Waals surface area contributed by atoms with Crippen LogP contribution in [0.3, 0.4) is 0 Å². The van der Waals surface area contributed by atoms with Gasteiger partial charge in [0.05, 0.1) is 6.04 Å². The summed E-state index contributed by atoms with van der Waals surface area (Å²) in [4.78, 5) is 15.7. The normalized spacial score (nSPS) is 19.8. The molecule has 1 fully saturated rings. The molecule has 4 rings (SSSR count). The largest absolute Gasteiger partial charge is 0.486 e. The predicted molar refractivity (Wildman–Crippen MR) is 94.5 cm³/mol. The topological polar surface area (TPSA) is 38.8 Å². The van der Waals surface area contributed by atoms with Crippen molar-refractivity contribution in [3.05, 3.63) is 52.2 Å². The van der Waals surface area contributed by atoms with Crippen molar-refractivity contribution in [3.63, 3.8) is 0 Å². The Morgan fingerprint density at radius 2 is 2.08 bits per heavy atom. The molecule has 124 valence electrons. The fraction of sp³-hybridized carbons (Fsp3) is 0.316. The molecule has 0 spiro atoms. The number of hydrogen-bond donors (Lipinski definition) is 0. The molecule has 0 saturated carbocycles. The van der Waals surface area contributed by atoms with E-state index in [-0.39, 0.29) is 11.9 Å². The van der Waals surface area contributed by atoms with Crippen LogP contribution in [-0.4, -0.2) is 30.6 Å². The lowest BCUT2D eigenvalue weighted by Gasteiger charge is -2.26. The van der Waals surface area contributed by atoms with Crippen molar-refractivity contribution < 1.29 is 14.3 Å². The van der Waals surface area contributed by atoms with Gasteiger partial charge in [0.15, 0.2) is 11.5 Å². The predicted octanol–water partition coefficient (Wildman–Crippen LogP) is 3.90. The number of carbonyl (C=O) groups is 1. The molecule has 0 unspecified atom stereocenters. The van der Waals surface area contributed by atoms with Gasteiger partial charge < -0.3 is 14.4 Å². The lowest BCUT2D eigenvalue weighted by atomic mass is 10.0. The number of hydrogen-bond acceptors (Lipinski definition) is 4. The Bertz CT molecular complexity index is 754. The van der Waals surface area contributed by atoms with E-state index in [4.69, 9.17) is 9.47 Å². The first-order chi connectivity index (χ1) is 11.8. The first-order valence-electron chi connectivity index (χ1n) is 8.23. The Morgan fingerprint density at radius 3 is 2.92 bits per heavy atom. The summed E-state index contributed by atoms with van der Waals surface area (Å²) in [5, 5.41) is 2.01. The van der Waals surface area contributed by atoms with Gasteiger partial charge in [0.25, 0.3) is 0 Å². The number of benzene rings is 1. The molecule has 2 aromatic rings. The first kappa shape index (κ1) is 15.3. The van der Waals surface area contributed by atoms with E-state index in [0.717, 1.165) is 41.3 Å². The monoisotopic (exact) mass is 341 g/mol. The van der Waals surface area contributed by atoms with Gasteiger partial charge in [0.2, 0.25) is 5.91 Å². The second-order valence-corrected chi connectivity index (χ2v) is 6.92. The minimum absolute atomic E-state index is 0.0702. The van der Waals surface area contributed by atoms with Crippen molar-refractivity contribution in [3.8, 4) is 11.5 Å². The molecule has 2 aliphatic heterocycles. The second-order valence-electron chi connectivity index (χ2n) is 5.94. The maximum absolute atomic E-state index is 12.6. The third kappa shape index (κ3) is 3.04. The summed E-state index contributed by atoms with van der Waals surface area (Å²) in [6, 6.07) is 10.1. The number of likely N-dealkylation sites (tertiary alicyclic amines) is 1. The van der Waals surface area contributed by atoms with Gasteiger partial charge in [0, 0.05) is 17.5 Å². The summed E-state index contributed by atoms with van der Waals surface area (Å²) < 4.78 is 11.3. The lowest BCUT2D eigenvalue weighted by molar-refractivity contribution is -0.126. The Hall–Kier alpha value is -2.27. The summed E-state index contributed by atoms with van der Waals surface area (Å²) >= 11 is 1.63. The van der Waals surface area contributed by atoms with E-state index < -0.39 is 0 Å². The van der Waals surface area contributed by atoms with Crippen LogP contribution in [0, 0.1) is 0 Å². The van der Waals surface area contributed by atoms with Gasteiger partial charge in [-0.2, -0.15) is 0 Å². The number of nitrogens with zero attached hydrogens (tertiary/aromatic N) is 1. The lowest BCUT2D eigenvalue weighted by Crippen LogP contribution is -2.29. The molecule has 4 nitrogen and oxygen atoms in total. The van der Waals surface area contributed by atoms with Gasteiger partial charge in [-0.15, -0.1) is 11.3 Å². The minimum Gasteiger partial charge on any atom is -0.486 e. The van der Waals surface area contributed by atoms with Crippen LogP contribution in [0.2, 0.25) is 0 Å². The van der Waals surface area contributed by atoms with Crippen molar-refractivity contribution in [2.24, 2.45) is 0 Å². The smallest absolute Gasteiger partial charge is 0.247 e. The van der Waals surface area contributed by atoms with Crippen LogP contribution in [0.25, 0.3) is 6.08 Å². The quantitative estimate of drug-likeness (QED) is 0.795. The Balaban J connectivity index is 1.53. The zero-order chi connectivity index (χ0) is 16.4. The molecule has 0 radical (unpaired) electrons. The van der Waals surface area contributed by atoms with Crippen LogP contribution >= 0.6 is 11.3 Å². The van der Waals surface area contributed by atoms with Crippen molar-refractivity contribution in [1.82, 2.24) is 4.90 Å². The zero-order valence-corrected chi connectivity index (χ0v) is 14.1. The van der Waals surface area contributed by atoms with E-state index in [0.29, 0.717) is 13.2 Å². The van der Waals surface area contributed by atoms with E-state index in [1.807, 2.05) is 46.7 Å². The summed E-state index contributed by atoms with van der Waals surface area (Å²) in [7, 11) is 0. The van der Waals surface area contributed by atoms with E-state index in [2.05, 4.69) is 0 Å². The maximum atomic E-state index is 12.6. The molecule has 1 aromatic carbocycles. The highest BCUT2D eigenvalue weighted by atomic mass is 32.1. The number of thiophene rings is 1. The Morgan fingerprint density at radius 1 is 1.21 bits per heavy atom. The summed E-state index contributed by atoms with van der Waals surface area (Å²) in [5.74, 6) is 1.64. The molecule has 0 bridgehead atoms. The van der Waals surface area contributed by atoms with Crippen LogP contribution in [0.1, 0.15) is 29.3 Å². The summed E-state index contributed by atoms with van der Waals surface area (Å²) in [5.41, 5.74) is 1.12. The molecular weight excluding hydrogens is 322 g/mol. The standard InChI is InChI=1S/C19H19NO3S/c21-19(8-6-15-3-2-12-24-15)20-9-1-4-16(20)14-5-7-17-18(13-14)23-11-10-22-17/h2-3,5-8,12-13,16H,1,4,9-11H2/b8-6+/t16-/m1/s1. The second kappa shape index (κ2) is 6.69. The fourth-order valence-electron chi connectivity index (χ4n) is 3.28. The Kier molecular flexibility index (Phi) is 4.26. The van der Waals surface area contributed by atoms with Crippen molar-refractivity contribution >= 4 is 23.3 Å². The molecule has 1 aromatic heterocycles. The molecule has 24 heavy (non-hydrogen) atoms. The van der Waals surface area contributed by atoms with E-state index in [1.165, 1.54) is 0 Å². The number of amides is 1. The molecule has 1 atom stereocenters. The molecule has 1 amide bonds. The summed E-state index contributed by atoms with van der Waals surface area (Å²) in [6.45, 7) is 1.97. The van der Waals surface area contributed by atoms with Crippen molar-refractivity contribution in [2.75, 3.05) is 19.8 Å². The third-order valence-corrected chi connectivity index (χ3v) is 5.26. The van der Waals surface area contributed by atoms with Gasteiger partial charge in [-0.05, 0) is 48.1 Å². The third-order valence-electron chi connectivity index (χ3n) is 4.42. The summed E-state index contributed by atoms with van der Waals surface area (Å²) in [6.07, 6.45) is 5.59. The van der Waals surface area contributed by atoms with Gasteiger partial charge >= 0.3 is 0 Å². The molecule has 2 aliphatic rings. The van der Waals surface area contributed by atoms with Crippen LogP contribution < -0.4 is 9.47 Å². The molecule has 5 heteroatoms. The van der Waals surface area contributed by atoms with Crippen LogP contribution in [0.4, 0.5) is 0 Å². The van der Waals surface area contributed by atoms with Gasteiger partial charge in [-0.3, -0.25) is 4.79 Å². The molecule has 0 aliphatic carbocycles. The van der Waals surface area contributed by atoms with E-state index in [1.54, 1.807) is 17.4 Å². The number of ether oxygens (including phenoxy) is 2. The number of rotatable bonds is 3. The van der Waals surface area contributed by atoms with E-state index in [9.17, 15) is 4.79 Å². The molecular formula is C19H19NO3S. The molecule has 1 saturated heterocycles. The van der Waals surface area contributed by atoms with E-state index >= 15 is 0 Å². The van der Waals surface area contributed by atoms with Gasteiger partial charge in [0.1, 0.15) is 13.2 Å². The fourth-order valence-corrected chi connectivity index (χ4v) is 3.90. The highest BCUT2D eigenvalue weighted by Crippen LogP contribution is 2.38. The zero-order valence-electron chi connectivity index (χ0n) is 13.3. The molecule has 3 heterocycles. The number of fused-ring (bicyclic) bond motifs is 1. The average Bonchev–Trinajstić information content (AvgIpc) is 3.31. The maximum Gasteiger partial charge on any atom is 0.247 e. The first-order valence-corrected chi connectivity index (χ1v) is 9.11. The van der Waals surface area contributed by atoms with Crippen molar-refractivity contribution in [2.45, 2.75) is 18.9 Å². The van der Waals surface area contributed by atoms with Crippen LogP contribution in [0.5, 0.6) is 11.5 Å². The van der Waals surface area contributed by atoms with Gasteiger partial charge in [-0.25, -0.2) is 0 Å². The van der Waals surface area contributed by atoms with Crippen LogP contribution in [0.15, 0.2) is 41.8 Å². The Labute approximate surface area is 145 Å². The van der Waals surface area contributed by atoms with Crippen molar-refractivity contribution in [1.29, 1.82) is 0 Å². The minimum atomic E-state index is 0.0702. The average molecular weight is 341 g/mol. The SMILES string of the molecule is O=C(/C=C/c1cccs1)N1CCC[C@@H]1c1ccc2c(c1)OCCO2. The number of carbonyl (C=O) groups excluding carboxylic acids is 1. The highest BCUT2D eigenvalue weighted by molar-refractivity contribution is 7.10. The van der Waals surface area contributed by atoms with Crippen LogP contribution in [-0.2, 0) is 4.79 Å².